The summed E-state index contributed by atoms with van der Waals surface area (Å²) in [7, 11) is 2.33. The molecule has 25 heavy (non-hydrogen) atoms. The van der Waals surface area contributed by atoms with Crippen LogP contribution in [0.1, 0.15) is 12.0 Å². The van der Waals surface area contributed by atoms with E-state index in [1.165, 1.54) is 18.7 Å². The van der Waals surface area contributed by atoms with Crippen molar-refractivity contribution >= 4 is 23.4 Å². The number of likely N-dealkylation sites (N-methyl/N-ethyl adjacent to an activating group) is 1. The van der Waals surface area contributed by atoms with Crippen LogP contribution in [0.15, 0.2) is 24.3 Å². The lowest BCUT2D eigenvalue weighted by Gasteiger charge is -2.38. The van der Waals surface area contributed by atoms with Crippen molar-refractivity contribution in [2.45, 2.75) is 13.0 Å². The number of nitrogen functional groups attached to an aromatic ring is 1. The standard InChI is InChI=1S/C17H27N6OS/c1-23(9-7-19-8-10-23)13-14-4-2-5-15(12-14)24-11-3-6-20-17-16(18)21-25-22-17/h2,4-5,12,19H,3,6-11,13H2,1H3,(H2,18,21)(H,20,22)/q+1. The van der Waals surface area contributed by atoms with Crippen molar-refractivity contribution in [3.8, 4) is 5.75 Å². The van der Waals surface area contributed by atoms with E-state index in [-0.39, 0.29) is 0 Å². The Balaban J connectivity index is 1.43. The first-order valence-corrected chi connectivity index (χ1v) is 9.46. The number of ether oxygens (including phenoxy) is 1. The Hall–Kier alpha value is -1.90. The molecule has 0 amide bonds. The molecule has 0 spiro atoms. The molecule has 0 radical (unpaired) electrons. The smallest absolute Gasteiger partial charge is 0.184 e. The van der Waals surface area contributed by atoms with Gasteiger partial charge in [0.2, 0.25) is 0 Å². The first-order chi connectivity index (χ1) is 12.1. The highest BCUT2D eigenvalue weighted by Crippen LogP contribution is 2.19. The fourth-order valence-corrected chi connectivity index (χ4v) is 3.51. The van der Waals surface area contributed by atoms with Crippen LogP contribution in [0, 0.1) is 0 Å². The zero-order valence-corrected chi connectivity index (χ0v) is 15.5. The molecule has 7 nitrogen and oxygen atoms in total. The van der Waals surface area contributed by atoms with Crippen molar-refractivity contribution in [2.24, 2.45) is 0 Å². The van der Waals surface area contributed by atoms with Crippen molar-refractivity contribution in [1.29, 1.82) is 0 Å². The second-order valence-electron chi connectivity index (χ2n) is 6.75. The third-order valence-electron chi connectivity index (χ3n) is 4.52. The topological polar surface area (TPSA) is 85.1 Å². The Morgan fingerprint density at radius 3 is 2.92 bits per heavy atom. The average molecular weight is 364 g/mol. The molecule has 1 aromatic heterocycles. The number of piperazine rings is 1. The predicted molar refractivity (Wildman–Crippen MR) is 102 cm³/mol. The van der Waals surface area contributed by atoms with Crippen LogP contribution in [0.3, 0.4) is 0 Å². The van der Waals surface area contributed by atoms with Crippen molar-refractivity contribution in [3.63, 3.8) is 0 Å². The van der Waals surface area contributed by atoms with Gasteiger partial charge in [-0.05, 0) is 18.6 Å². The van der Waals surface area contributed by atoms with Gasteiger partial charge in [0.1, 0.15) is 12.3 Å². The van der Waals surface area contributed by atoms with Gasteiger partial charge in [-0.1, -0.05) is 12.1 Å². The summed E-state index contributed by atoms with van der Waals surface area (Å²) in [6, 6.07) is 8.47. The second-order valence-corrected chi connectivity index (χ2v) is 7.28. The molecule has 8 heteroatoms. The van der Waals surface area contributed by atoms with Gasteiger partial charge in [0.05, 0.1) is 38.5 Å². The summed E-state index contributed by atoms with van der Waals surface area (Å²) in [6.07, 6.45) is 0.876. The molecule has 1 aliphatic heterocycles. The highest BCUT2D eigenvalue weighted by molar-refractivity contribution is 6.99. The first-order valence-electron chi connectivity index (χ1n) is 8.73. The molecule has 0 saturated carbocycles. The number of nitrogens with two attached hydrogens (primary N) is 1. The molecule has 4 N–H and O–H groups in total. The monoisotopic (exact) mass is 363 g/mol. The van der Waals surface area contributed by atoms with Crippen molar-refractivity contribution in [1.82, 2.24) is 14.1 Å². The zero-order valence-electron chi connectivity index (χ0n) is 14.7. The molecule has 3 rings (SSSR count). The maximum atomic E-state index is 5.89. The molecule has 0 atom stereocenters. The number of anilines is 2. The number of aromatic nitrogens is 2. The van der Waals surface area contributed by atoms with E-state index in [0.717, 1.165) is 54.6 Å². The molecule has 0 aliphatic carbocycles. The van der Waals surface area contributed by atoms with Crippen LogP contribution in [0.25, 0.3) is 0 Å². The van der Waals surface area contributed by atoms with Crippen LogP contribution in [-0.4, -0.2) is 59.6 Å². The van der Waals surface area contributed by atoms with E-state index in [9.17, 15) is 0 Å². The summed E-state index contributed by atoms with van der Waals surface area (Å²) in [5.74, 6) is 2.07. The molecule has 1 fully saturated rings. The van der Waals surface area contributed by atoms with Gasteiger partial charge in [-0.25, -0.2) is 0 Å². The minimum atomic E-state index is 0.461. The summed E-state index contributed by atoms with van der Waals surface area (Å²) >= 11 is 1.12. The summed E-state index contributed by atoms with van der Waals surface area (Å²) in [5.41, 5.74) is 7.02. The van der Waals surface area contributed by atoms with E-state index in [1.54, 1.807) is 0 Å². The molecule has 0 unspecified atom stereocenters. The van der Waals surface area contributed by atoms with Gasteiger partial charge >= 0.3 is 0 Å². The number of hydrogen-bond donors (Lipinski definition) is 3. The van der Waals surface area contributed by atoms with Crippen molar-refractivity contribution < 1.29 is 9.22 Å². The average Bonchev–Trinajstić information content (AvgIpc) is 3.00. The molecule has 0 bridgehead atoms. The van der Waals surface area contributed by atoms with Gasteiger partial charge in [0.25, 0.3) is 0 Å². The van der Waals surface area contributed by atoms with E-state index in [0.29, 0.717) is 18.2 Å². The van der Waals surface area contributed by atoms with E-state index in [2.05, 4.69) is 44.6 Å². The summed E-state index contributed by atoms with van der Waals surface area (Å²) < 4.78 is 15.0. The minimum absolute atomic E-state index is 0.461. The molecule has 2 aromatic rings. The lowest BCUT2D eigenvalue weighted by molar-refractivity contribution is -0.924. The van der Waals surface area contributed by atoms with Crippen LogP contribution in [-0.2, 0) is 6.54 Å². The molecule has 1 aromatic carbocycles. The number of quaternary nitrogens is 1. The van der Waals surface area contributed by atoms with Gasteiger partial charge < -0.3 is 25.6 Å². The summed E-state index contributed by atoms with van der Waals surface area (Å²) in [4.78, 5) is 0. The van der Waals surface area contributed by atoms with Crippen LogP contribution >= 0.6 is 11.7 Å². The number of nitrogens with one attached hydrogen (secondary N) is 2. The Morgan fingerprint density at radius 1 is 1.32 bits per heavy atom. The van der Waals surface area contributed by atoms with Crippen molar-refractivity contribution in [2.75, 3.05) is 57.4 Å². The number of rotatable bonds is 8. The zero-order chi connectivity index (χ0) is 17.5. The van der Waals surface area contributed by atoms with Gasteiger partial charge in [-0.15, -0.1) is 0 Å². The minimum Gasteiger partial charge on any atom is -0.494 e. The van der Waals surface area contributed by atoms with Gasteiger partial charge in [-0.2, -0.15) is 8.75 Å². The van der Waals surface area contributed by atoms with Gasteiger partial charge in [0.15, 0.2) is 11.6 Å². The third-order valence-corrected chi connectivity index (χ3v) is 5.06. The number of benzene rings is 1. The molecule has 136 valence electrons. The maximum Gasteiger partial charge on any atom is 0.184 e. The fourth-order valence-electron chi connectivity index (χ4n) is 3.05. The van der Waals surface area contributed by atoms with Crippen LogP contribution in [0.4, 0.5) is 11.6 Å². The Bertz CT molecular complexity index is 671. The van der Waals surface area contributed by atoms with Crippen molar-refractivity contribution in [3.05, 3.63) is 29.8 Å². The maximum absolute atomic E-state index is 5.89. The Kier molecular flexibility index (Phi) is 6.06. The predicted octanol–water partition coefficient (Wildman–Crippen LogP) is 1.55. The van der Waals surface area contributed by atoms with E-state index >= 15 is 0 Å². The van der Waals surface area contributed by atoms with Gasteiger partial charge in [0, 0.05) is 25.2 Å². The lowest BCUT2D eigenvalue weighted by atomic mass is 10.1. The van der Waals surface area contributed by atoms with Crippen LogP contribution in [0.2, 0.25) is 0 Å². The Morgan fingerprint density at radius 2 is 2.16 bits per heavy atom. The summed E-state index contributed by atoms with van der Waals surface area (Å²) in [5, 5.41) is 6.60. The largest absolute Gasteiger partial charge is 0.494 e. The number of nitrogens with zero attached hydrogens (tertiary/aromatic N) is 3. The Labute approximate surface area is 153 Å². The first kappa shape index (κ1) is 17.9. The molecule has 2 heterocycles. The van der Waals surface area contributed by atoms with E-state index in [1.807, 2.05) is 6.07 Å². The summed E-state index contributed by atoms with van der Waals surface area (Å²) in [6.45, 7) is 7.01. The van der Waals surface area contributed by atoms with E-state index in [4.69, 9.17) is 10.5 Å². The normalized spacial score (nSPS) is 16.5. The van der Waals surface area contributed by atoms with Crippen LogP contribution < -0.4 is 21.1 Å². The van der Waals surface area contributed by atoms with Gasteiger partial charge in [-0.3, -0.25) is 0 Å². The molecular formula is C17H27N6OS+. The highest BCUT2D eigenvalue weighted by atomic mass is 32.1. The molecule has 1 saturated heterocycles. The van der Waals surface area contributed by atoms with E-state index < -0.39 is 0 Å². The lowest BCUT2D eigenvalue weighted by Crippen LogP contribution is -2.55. The SMILES string of the molecule is C[N+]1(Cc2cccc(OCCCNc3nsnc3N)c2)CCNCC1. The fraction of sp³-hybridized carbons (Fsp3) is 0.529. The highest BCUT2D eigenvalue weighted by Gasteiger charge is 2.24. The molecular weight excluding hydrogens is 336 g/mol. The third kappa shape index (κ3) is 5.29. The number of hydrogen-bond acceptors (Lipinski definition) is 7. The van der Waals surface area contributed by atoms with Crippen LogP contribution in [0.5, 0.6) is 5.75 Å². The second kappa shape index (κ2) is 8.46. The molecule has 1 aliphatic rings. The quantitative estimate of drug-likeness (QED) is 0.487.